The highest BCUT2D eigenvalue weighted by Gasteiger charge is 2.38. The second kappa shape index (κ2) is 14.6. The third-order valence-electron chi connectivity index (χ3n) is 7.96. The average molecular weight is 674 g/mol. The van der Waals surface area contributed by atoms with Gasteiger partial charge in [0.05, 0.1) is 23.7 Å². The highest BCUT2D eigenvalue weighted by atomic mass is 32.2. The van der Waals surface area contributed by atoms with E-state index in [-0.39, 0.29) is 36.2 Å². The van der Waals surface area contributed by atoms with Crippen LogP contribution in [0.1, 0.15) is 46.6 Å². The molecule has 1 fully saturated rings. The summed E-state index contributed by atoms with van der Waals surface area (Å²) >= 11 is 3.22. The van der Waals surface area contributed by atoms with Crippen molar-refractivity contribution in [1.82, 2.24) is 14.9 Å². The number of aliphatic hydroxyl groups is 1. The van der Waals surface area contributed by atoms with Crippen LogP contribution in [0, 0.1) is 12.8 Å². The number of benzene rings is 4. The molecule has 0 saturated carbocycles. The van der Waals surface area contributed by atoms with Crippen molar-refractivity contribution in [3.8, 4) is 11.1 Å². The number of thioether (sulfide) groups is 1. The van der Waals surface area contributed by atoms with Gasteiger partial charge in [-0.05, 0) is 52.9 Å². The Labute approximate surface area is 277 Å². The molecule has 46 heavy (non-hydrogen) atoms. The molecule has 4 atom stereocenters. The van der Waals surface area contributed by atoms with Crippen LogP contribution in [0.25, 0.3) is 11.1 Å². The lowest BCUT2D eigenvalue weighted by Crippen LogP contribution is -2.38. The van der Waals surface area contributed by atoms with E-state index in [0.29, 0.717) is 5.75 Å². The summed E-state index contributed by atoms with van der Waals surface area (Å²) in [6, 6.07) is 32.2. The topological polar surface area (TPSA) is 111 Å². The van der Waals surface area contributed by atoms with Gasteiger partial charge in [-0.3, -0.25) is 0 Å². The van der Waals surface area contributed by atoms with E-state index in [4.69, 9.17) is 9.47 Å². The molecular formula is C35H35N3O5S3. The molecule has 2 N–H and O–H groups in total. The molecule has 1 aromatic heterocycles. The minimum absolute atomic E-state index is 0.00776. The third kappa shape index (κ3) is 7.75. The van der Waals surface area contributed by atoms with Crippen molar-refractivity contribution in [1.29, 1.82) is 0 Å². The number of aliphatic hydroxyl groups excluding tert-OH is 1. The van der Waals surface area contributed by atoms with Gasteiger partial charge in [0.1, 0.15) is 5.01 Å². The molecule has 2 heterocycles. The number of nitrogens with one attached hydrogen (secondary N) is 1. The fourth-order valence-electron chi connectivity index (χ4n) is 5.35. The molecule has 0 radical (unpaired) electrons. The highest BCUT2D eigenvalue weighted by Crippen LogP contribution is 2.43. The van der Waals surface area contributed by atoms with E-state index in [9.17, 15) is 13.5 Å². The lowest BCUT2D eigenvalue weighted by atomic mass is 9.91. The summed E-state index contributed by atoms with van der Waals surface area (Å²) in [6.07, 6.45) is -0.885. The Morgan fingerprint density at radius 2 is 1.59 bits per heavy atom. The van der Waals surface area contributed by atoms with Crippen molar-refractivity contribution < 1.29 is 23.0 Å². The zero-order valence-corrected chi connectivity index (χ0v) is 27.9. The van der Waals surface area contributed by atoms with Crippen LogP contribution in [0.3, 0.4) is 0 Å². The molecule has 0 amide bonds. The van der Waals surface area contributed by atoms with Crippen LogP contribution in [0.5, 0.6) is 0 Å². The van der Waals surface area contributed by atoms with E-state index in [1.165, 1.54) is 0 Å². The van der Waals surface area contributed by atoms with E-state index >= 15 is 0 Å². The molecule has 6 rings (SSSR count). The Bertz CT molecular complexity index is 1850. The lowest BCUT2D eigenvalue weighted by molar-refractivity contribution is -0.268. The average Bonchev–Trinajstić information content (AvgIpc) is 3.52. The van der Waals surface area contributed by atoms with E-state index in [0.717, 1.165) is 42.7 Å². The third-order valence-corrected chi connectivity index (χ3v) is 11.4. The SMILES string of the molecule is Cc1nnc(SC[C@H]2O[C@@H](c3ccc(-c4cccc(CNS(=O)(=O)c5ccccc5)c4)cc3)O[C@@H](c3ccc(CO)cc3)[C@H]2C)s1. The van der Waals surface area contributed by atoms with Crippen LogP contribution < -0.4 is 4.72 Å². The summed E-state index contributed by atoms with van der Waals surface area (Å²) in [5.74, 6) is 0.777. The first kappa shape index (κ1) is 32.5. The standard InChI is InChI=1S/C35H35N3O5S3/c1-23-32(22-44-35-38-37-24(2)45-35)42-34(43-33(23)28-13-11-25(21-39)12-14-28)29-17-15-27(16-18-29)30-8-6-7-26(19-30)20-36-46(40,41)31-9-4-3-5-10-31/h3-19,23,32-34,36,39H,20-22H2,1-2H3/t23-,32+,33+,34+/m0/s1. The van der Waals surface area contributed by atoms with Crippen LogP contribution in [-0.4, -0.2) is 35.6 Å². The molecule has 4 aromatic carbocycles. The summed E-state index contributed by atoms with van der Waals surface area (Å²) in [7, 11) is -3.61. The number of rotatable bonds is 11. The van der Waals surface area contributed by atoms with Gasteiger partial charge in [0.25, 0.3) is 0 Å². The second-order valence-corrected chi connectivity index (χ2v) is 15.4. The summed E-state index contributed by atoms with van der Waals surface area (Å²) in [4.78, 5) is 0.240. The van der Waals surface area contributed by atoms with Crippen molar-refractivity contribution in [2.75, 3.05) is 5.75 Å². The number of aromatic nitrogens is 2. The maximum absolute atomic E-state index is 12.7. The molecule has 5 aromatic rings. The maximum atomic E-state index is 12.7. The molecule has 11 heteroatoms. The molecule has 238 valence electrons. The summed E-state index contributed by atoms with van der Waals surface area (Å²) in [5, 5.41) is 18.9. The fraction of sp³-hybridized carbons (Fsp3) is 0.257. The monoisotopic (exact) mass is 673 g/mol. The fourth-order valence-corrected chi connectivity index (χ4v) is 8.40. The smallest absolute Gasteiger partial charge is 0.240 e. The van der Waals surface area contributed by atoms with Gasteiger partial charge in [-0.15, -0.1) is 10.2 Å². The number of hydrogen-bond acceptors (Lipinski definition) is 9. The Hall–Kier alpha value is -3.42. The molecule has 1 aliphatic heterocycles. The van der Waals surface area contributed by atoms with Crippen molar-refractivity contribution in [3.63, 3.8) is 0 Å². The zero-order chi connectivity index (χ0) is 32.1. The van der Waals surface area contributed by atoms with Crippen LogP contribution >= 0.6 is 23.1 Å². The zero-order valence-electron chi connectivity index (χ0n) is 25.4. The number of nitrogens with zero attached hydrogens (tertiary/aromatic N) is 2. The van der Waals surface area contributed by atoms with Gasteiger partial charge >= 0.3 is 0 Å². The van der Waals surface area contributed by atoms with Crippen LogP contribution in [0.15, 0.2) is 112 Å². The highest BCUT2D eigenvalue weighted by molar-refractivity contribution is 8.01. The van der Waals surface area contributed by atoms with Gasteiger partial charge in [-0.2, -0.15) is 0 Å². The van der Waals surface area contributed by atoms with Crippen LogP contribution in [-0.2, 0) is 32.6 Å². The molecule has 0 aliphatic carbocycles. The Morgan fingerprint density at radius 3 is 2.28 bits per heavy atom. The van der Waals surface area contributed by atoms with E-state index in [2.05, 4.69) is 21.8 Å². The molecule has 0 bridgehead atoms. The number of hydrogen-bond donors (Lipinski definition) is 2. The Kier molecular flexibility index (Phi) is 10.3. The number of aryl methyl sites for hydroxylation is 1. The number of ether oxygens (including phenoxy) is 2. The van der Waals surface area contributed by atoms with E-state index < -0.39 is 16.3 Å². The van der Waals surface area contributed by atoms with Gasteiger partial charge < -0.3 is 14.6 Å². The maximum Gasteiger partial charge on any atom is 0.240 e. The van der Waals surface area contributed by atoms with Crippen molar-refractivity contribution in [3.05, 3.63) is 130 Å². The largest absolute Gasteiger partial charge is 0.392 e. The Balaban J connectivity index is 1.18. The summed E-state index contributed by atoms with van der Waals surface area (Å²) in [6.45, 7) is 4.27. The minimum atomic E-state index is -3.61. The van der Waals surface area contributed by atoms with Crippen molar-refractivity contribution in [2.45, 2.75) is 54.7 Å². The molecule has 8 nitrogen and oxygen atoms in total. The quantitative estimate of drug-likeness (QED) is 0.143. The minimum Gasteiger partial charge on any atom is -0.392 e. The van der Waals surface area contributed by atoms with Gasteiger partial charge in [0.2, 0.25) is 10.0 Å². The first-order valence-electron chi connectivity index (χ1n) is 15.0. The van der Waals surface area contributed by atoms with E-state index in [1.54, 1.807) is 53.4 Å². The first-order valence-corrected chi connectivity index (χ1v) is 18.2. The van der Waals surface area contributed by atoms with E-state index in [1.807, 2.05) is 79.7 Å². The van der Waals surface area contributed by atoms with Gasteiger partial charge in [-0.1, -0.05) is 115 Å². The van der Waals surface area contributed by atoms with Gasteiger partial charge in [0, 0.05) is 23.8 Å². The molecule has 0 spiro atoms. The number of sulfonamides is 1. The molecule has 1 saturated heterocycles. The molecule has 1 aliphatic rings. The predicted octanol–water partition coefficient (Wildman–Crippen LogP) is 7.07. The summed E-state index contributed by atoms with van der Waals surface area (Å²) < 4.78 is 42.2. The van der Waals surface area contributed by atoms with Crippen molar-refractivity contribution in [2.24, 2.45) is 5.92 Å². The normalized spacial score (nSPS) is 20.1. The molecular weight excluding hydrogens is 639 g/mol. The Morgan fingerprint density at radius 1 is 0.848 bits per heavy atom. The van der Waals surface area contributed by atoms with Crippen LogP contribution in [0.4, 0.5) is 0 Å². The van der Waals surface area contributed by atoms with Gasteiger partial charge in [0.15, 0.2) is 10.6 Å². The second-order valence-electron chi connectivity index (χ2n) is 11.2. The predicted molar refractivity (Wildman–Crippen MR) is 181 cm³/mol. The van der Waals surface area contributed by atoms with Crippen LogP contribution in [0.2, 0.25) is 0 Å². The first-order chi connectivity index (χ1) is 22.3. The van der Waals surface area contributed by atoms with Gasteiger partial charge in [-0.25, -0.2) is 13.1 Å². The summed E-state index contributed by atoms with van der Waals surface area (Å²) in [5.41, 5.74) is 5.63. The lowest BCUT2D eigenvalue weighted by Gasteiger charge is -2.41. The molecule has 0 unspecified atom stereocenters. The van der Waals surface area contributed by atoms with Crippen molar-refractivity contribution >= 4 is 33.1 Å².